The molecule has 1 fully saturated rings. The molecule has 7 nitrogen and oxygen atoms in total. The highest BCUT2D eigenvalue weighted by molar-refractivity contribution is 7.92. The number of carbonyl (C=O) groups is 2. The van der Waals surface area contributed by atoms with Crippen molar-refractivity contribution in [3.05, 3.63) is 129 Å². The van der Waals surface area contributed by atoms with Crippen LogP contribution in [0.15, 0.2) is 102 Å². The van der Waals surface area contributed by atoms with Gasteiger partial charge in [-0.1, -0.05) is 102 Å². The van der Waals surface area contributed by atoms with Gasteiger partial charge >= 0.3 is 0 Å². The summed E-state index contributed by atoms with van der Waals surface area (Å²) in [7, 11) is -4.24. The van der Waals surface area contributed by atoms with E-state index in [-0.39, 0.29) is 35.5 Å². The third kappa shape index (κ3) is 8.74. The van der Waals surface area contributed by atoms with Crippen molar-refractivity contribution < 1.29 is 18.0 Å². The Morgan fingerprint density at radius 1 is 0.830 bits per heavy atom. The largest absolute Gasteiger partial charge is 0.352 e. The topological polar surface area (TPSA) is 86.8 Å². The molecule has 1 saturated carbocycles. The number of amides is 2. The number of hydrogen-bond acceptors (Lipinski definition) is 4. The lowest BCUT2D eigenvalue weighted by Gasteiger charge is -2.34. The SMILES string of the molecule is Cc1ccc(S(=O)(=O)N(CC(=O)N(Cc2cccc(Cl)c2)[C@@H](Cc2ccccc2)C(=O)NC2CCCC2)c2cc(Cl)ccc2C)cc1. The van der Waals surface area contributed by atoms with E-state index in [0.717, 1.165) is 41.1 Å². The molecule has 4 aromatic rings. The highest BCUT2D eigenvalue weighted by atomic mass is 35.5. The first kappa shape index (κ1) is 34.5. The summed E-state index contributed by atoms with van der Waals surface area (Å²) in [5.41, 5.74) is 3.39. The van der Waals surface area contributed by atoms with Crippen LogP contribution in [0.5, 0.6) is 0 Å². The first-order valence-corrected chi connectivity index (χ1v) is 17.9. The Morgan fingerprint density at radius 2 is 1.49 bits per heavy atom. The third-order valence-electron chi connectivity index (χ3n) is 8.54. The second-order valence-corrected chi connectivity index (χ2v) is 14.8. The quantitative estimate of drug-likeness (QED) is 0.167. The Morgan fingerprint density at radius 3 is 2.17 bits per heavy atom. The van der Waals surface area contributed by atoms with Crippen LogP contribution >= 0.6 is 23.2 Å². The molecule has 47 heavy (non-hydrogen) atoms. The average molecular weight is 693 g/mol. The van der Waals surface area contributed by atoms with Crippen LogP contribution in [0.2, 0.25) is 10.0 Å². The monoisotopic (exact) mass is 691 g/mol. The maximum absolute atomic E-state index is 14.7. The van der Waals surface area contributed by atoms with E-state index in [4.69, 9.17) is 23.2 Å². The first-order valence-electron chi connectivity index (χ1n) is 15.7. The minimum atomic E-state index is -4.24. The molecule has 4 aromatic carbocycles. The molecule has 0 radical (unpaired) electrons. The van der Waals surface area contributed by atoms with Gasteiger partial charge in [0.2, 0.25) is 11.8 Å². The van der Waals surface area contributed by atoms with Crippen LogP contribution in [0.4, 0.5) is 5.69 Å². The number of sulfonamides is 1. The van der Waals surface area contributed by atoms with E-state index in [9.17, 15) is 18.0 Å². The molecule has 2 amide bonds. The number of aryl methyl sites for hydroxylation is 2. The van der Waals surface area contributed by atoms with Crippen LogP contribution < -0.4 is 9.62 Å². The fourth-order valence-corrected chi connectivity index (χ4v) is 7.81. The average Bonchev–Trinajstić information content (AvgIpc) is 3.56. The van der Waals surface area contributed by atoms with Gasteiger partial charge in [0.1, 0.15) is 12.6 Å². The number of halogens is 2. The van der Waals surface area contributed by atoms with E-state index in [2.05, 4.69) is 5.32 Å². The standard InChI is InChI=1S/C37H39Cl2N3O4S/c1-26-15-19-33(20-16-26)47(45,46)42(34-23-31(39)18-17-27(34)2)25-36(43)41(24-29-11-8-12-30(38)21-29)35(22-28-9-4-3-5-10-28)37(44)40-32-13-6-7-14-32/h3-5,8-12,15-21,23,32,35H,6-7,13-14,22,24-25H2,1-2H3,(H,40,44)/t35-/m0/s1. The van der Waals surface area contributed by atoms with Crippen LogP contribution in [-0.2, 0) is 32.6 Å². The summed E-state index contributed by atoms with van der Waals surface area (Å²) in [4.78, 5) is 30.3. The molecule has 1 atom stereocenters. The number of anilines is 1. The Hall–Kier alpha value is -3.85. The Labute approximate surface area is 287 Å². The van der Waals surface area contributed by atoms with Gasteiger partial charge in [-0.15, -0.1) is 0 Å². The van der Waals surface area contributed by atoms with Gasteiger partial charge in [-0.25, -0.2) is 8.42 Å². The van der Waals surface area contributed by atoms with Crippen LogP contribution in [0, 0.1) is 13.8 Å². The minimum absolute atomic E-state index is 0.0245. The molecule has 5 rings (SSSR count). The minimum Gasteiger partial charge on any atom is -0.352 e. The van der Waals surface area contributed by atoms with E-state index in [1.54, 1.807) is 55.5 Å². The van der Waals surface area contributed by atoms with Gasteiger partial charge in [-0.3, -0.25) is 13.9 Å². The zero-order valence-corrected chi connectivity index (χ0v) is 28.9. The molecular formula is C37H39Cl2N3O4S. The molecule has 0 spiro atoms. The maximum atomic E-state index is 14.7. The van der Waals surface area contributed by atoms with E-state index in [1.807, 2.05) is 43.3 Å². The predicted molar refractivity (Wildman–Crippen MR) is 188 cm³/mol. The summed E-state index contributed by atoms with van der Waals surface area (Å²) in [6.07, 6.45) is 4.06. The van der Waals surface area contributed by atoms with Crippen molar-refractivity contribution >= 4 is 50.7 Å². The Balaban J connectivity index is 1.59. The molecular weight excluding hydrogens is 653 g/mol. The molecule has 0 aliphatic heterocycles. The number of nitrogens with one attached hydrogen (secondary N) is 1. The zero-order chi connectivity index (χ0) is 33.6. The highest BCUT2D eigenvalue weighted by Gasteiger charge is 2.36. The molecule has 10 heteroatoms. The lowest BCUT2D eigenvalue weighted by Crippen LogP contribution is -2.54. The summed E-state index contributed by atoms with van der Waals surface area (Å²) in [6, 6.07) is 27.1. The van der Waals surface area contributed by atoms with Crippen LogP contribution in [0.1, 0.15) is 47.9 Å². The van der Waals surface area contributed by atoms with Crippen molar-refractivity contribution in [1.29, 1.82) is 0 Å². The second-order valence-electron chi connectivity index (χ2n) is 12.1. The molecule has 0 bridgehead atoms. The summed E-state index contributed by atoms with van der Waals surface area (Å²) >= 11 is 12.7. The van der Waals surface area contributed by atoms with E-state index in [1.165, 1.54) is 17.0 Å². The summed E-state index contributed by atoms with van der Waals surface area (Å²) in [5, 5.41) is 4.00. The molecule has 246 valence electrons. The summed E-state index contributed by atoms with van der Waals surface area (Å²) in [5.74, 6) is -0.814. The first-order chi connectivity index (χ1) is 22.5. The van der Waals surface area contributed by atoms with Gasteiger partial charge in [0.05, 0.1) is 10.6 Å². The van der Waals surface area contributed by atoms with E-state index >= 15 is 0 Å². The number of rotatable bonds is 12. The molecule has 0 heterocycles. The van der Waals surface area contributed by atoms with Crippen LogP contribution in [0.25, 0.3) is 0 Å². The molecule has 0 saturated heterocycles. The van der Waals surface area contributed by atoms with Crippen molar-refractivity contribution in [3.8, 4) is 0 Å². The molecule has 1 aliphatic rings. The van der Waals surface area contributed by atoms with Crippen molar-refractivity contribution in [1.82, 2.24) is 10.2 Å². The lowest BCUT2D eigenvalue weighted by molar-refractivity contribution is -0.140. The van der Waals surface area contributed by atoms with Gasteiger partial charge in [0.25, 0.3) is 10.0 Å². The number of hydrogen-bond donors (Lipinski definition) is 1. The van der Waals surface area contributed by atoms with Gasteiger partial charge in [0, 0.05) is 29.1 Å². The van der Waals surface area contributed by atoms with Gasteiger partial charge < -0.3 is 10.2 Å². The van der Waals surface area contributed by atoms with Gasteiger partial charge in [0.15, 0.2) is 0 Å². The normalized spacial score (nSPS) is 14.0. The maximum Gasteiger partial charge on any atom is 0.264 e. The summed E-state index contributed by atoms with van der Waals surface area (Å²) < 4.78 is 29.7. The van der Waals surface area contributed by atoms with Crippen LogP contribution in [-0.4, -0.2) is 43.8 Å². The predicted octanol–water partition coefficient (Wildman–Crippen LogP) is 7.50. The second kappa shape index (κ2) is 15.4. The molecule has 0 aromatic heterocycles. The molecule has 1 aliphatic carbocycles. The van der Waals surface area contributed by atoms with Gasteiger partial charge in [-0.2, -0.15) is 0 Å². The number of benzene rings is 4. The highest BCUT2D eigenvalue weighted by Crippen LogP contribution is 2.30. The Bertz CT molecular complexity index is 1810. The Kier molecular flexibility index (Phi) is 11.3. The third-order valence-corrected chi connectivity index (χ3v) is 10.8. The fourth-order valence-electron chi connectivity index (χ4n) is 5.96. The molecule has 1 N–H and O–H groups in total. The van der Waals surface area contributed by atoms with Crippen LogP contribution in [0.3, 0.4) is 0 Å². The van der Waals surface area contributed by atoms with Gasteiger partial charge in [-0.05, 0) is 79.8 Å². The fraction of sp³-hybridized carbons (Fsp3) is 0.297. The molecule has 0 unspecified atom stereocenters. The van der Waals surface area contributed by atoms with E-state index in [0.29, 0.717) is 21.2 Å². The van der Waals surface area contributed by atoms with Crippen molar-refractivity contribution in [2.24, 2.45) is 0 Å². The van der Waals surface area contributed by atoms with Crippen molar-refractivity contribution in [3.63, 3.8) is 0 Å². The zero-order valence-electron chi connectivity index (χ0n) is 26.5. The van der Waals surface area contributed by atoms with E-state index < -0.39 is 28.5 Å². The smallest absolute Gasteiger partial charge is 0.264 e. The lowest BCUT2D eigenvalue weighted by atomic mass is 10.0. The summed E-state index contributed by atoms with van der Waals surface area (Å²) in [6.45, 7) is 3.13. The number of carbonyl (C=O) groups excluding carboxylic acids is 2. The number of nitrogens with zero attached hydrogens (tertiary/aromatic N) is 2. The van der Waals surface area contributed by atoms with Crippen molar-refractivity contribution in [2.45, 2.75) is 69.5 Å². The van der Waals surface area contributed by atoms with Crippen molar-refractivity contribution in [2.75, 3.05) is 10.8 Å².